The predicted molar refractivity (Wildman–Crippen MR) is 195 cm³/mol. The summed E-state index contributed by atoms with van der Waals surface area (Å²) in [6, 6.07) is 35.7. The first-order valence-electron chi connectivity index (χ1n) is 17.8. The summed E-state index contributed by atoms with van der Waals surface area (Å²) in [5, 5.41) is 0. The van der Waals surface area contributed by atoms with Crippen LogP contribution in [0.3, 0.4) is 0 Å². The number of para-hydroxylation sites is 1. The van der Waals surface area contributed by atoms with Gasteiger partial charge in [-0.3, -0.25) is 0 Å². The number of anilines is 3. The number of nitrogens with zero attached hydrogens (tertiary/aromatic N) is 4. The number of aryl methyl sites for hydroxylation is 2. The van der Waals surface area contributed by atoms with E-state index in [1.165, 1.54) is 5.56 Å². The maximum atomic E-state index is 8.54. The molecule has 2 bridgehead atoms. The van der Waals surface area contributed by atoms with Crippen molar-refractivity contribution in [3.63, 3.8) is 0 Å². The van der Waals surface area contributed by atoms with Gasteiger partial charge in [-0.2, -0.15) is 6.07 Å². The molecule has 0 amide bonds. The van der Waals surface area contributed by atoms with Crippen LogP contribution in [-0.2, 0) is 31.9 Å². The van der Waals surface area contributed by atoms with Crippen LogP contribution in [0.2, 0.25) is 0 Å². The van der Waals surface area contributed by atoms with E-state index in [1.807, 2.05) is 62.3 Å². The fourth-order valence-corrected chi connectivity index (χ4v) is 6.59. The molecule has 48 heavy (non-hydrogen) atoms. The minimum absolute atomic E-state index is 0. The zero-order chi connectivity index (χ0) is 35.9. The first kappa shape index (κ1) is 30.3. The molecule has 6 heteroatoms. The van der Waals surface area contributed by atoms with Crippen LogP contribution in [0.25, 0.3) is 0 Å². The number of hydrogen-bond donors (Lipinski definition) is 0. The first-order valence-corrected chi connectivity index (χ1v) is 16.3. The SMILES string of the molecule is [2H]C([2H])([2H])[N@+]12[CH-][N@+](c3[c-]c(Oc4[c-]c(N(c5ccccc5)c5cc(C(C)(C)C)ccn5)ccc4)cc(C(C)(C)C)c3)(C1)c1cc(C)c(C)cc12.[Pt]. The Morgan fingerprint density at radius 2 is 1.48 bits per heavy atom. The van der Waals surface area contributed by atoms with Crippen molar-refractivity contribution in [3.8, 4) is 11.5 Å². The Morgan fingerprint density at radius 1 is 0.792 bits per heavy atom. The van der Waals surface area contributed by atoms with E-state index in [9.17, 15) is 0 Å². The van der Waals surface area contributed by atoms with Gasteiger partial charge in [0.2, 0.25) is 0 Å². The van der Waals surface area contributed by atoms with Crippen molar-refractivity contribution in [1.82, 2.24) is 14.0 Å². The molecule has 1 aromatic heterocycles. The third-order valence-electron chi connectivity index (χ3n) is 9.49. The van der Waals surface area contributed by atoms with Crippen molar-refractivity contribution in [2.75, 3.05) is 18.5 Å². The topological polar surface area (TPSA) is 25.4 Å². The summed E-state index contributed by atoms with van der Waals surface area (Å²) in [6.45, 7) is 17.3. The number of pyridine rings is 1. The van der Waals surface area contributed by atoms with E-state index in [4.69, 9.17) is 13.8 Å². The molecule has 1 fully saturated rings. The van der Waals surface area contributed by atoms with Gasteiger partial charge in [0, 0.05) is 62.3 Å². The number of aromatic nitrogens is 1. The van der Waals surface area contributed by atoms with Gasteiger partial charge in [-0.25, -0.2) is 4.98 Å². The number of ether oxygens (including phenoxy) is 1. The van der Waals surface area contributed by atoms with Crippen LogP contribution >= 0.6 is 0 Å². The Bertz CT molecular complexity index is 2090. The second kappa shape index (κ2) is 12.0. The summed E-state index contributed by atoms with van der Waals surface area (Å²) in [6.07, 6.45) is 1.86. The number of rotatable bonds is 6. The van der Waals surface area contributed by atoms with Gasteiger partial charge < -0.3 is 18.6 Å². The van der Waals surface area contributed by atoms with Crippen LogP contribution in [0.4, 0.5) is 34.3 Å². The van der Waals surface area contributed by atoms with E-state index >= 15 is 0 Å². The summed E-state index contributed by atoms with van der Waals surface area (Å²) in [4.78, 5) is 6.88. The van der Waals surface area contributed by atoms with Crippen molar-refractivity contribution in [2.45, 2.75) is 66.2 Å². The van der Waals surface area contributed by atoms with E-state index in [2.05, 4.69) is 108 Å². The van der Waals surface area contributed by atoms with Crippen LogP contribution in [0.1, 0.15) is 67.9 Å². The van der Waals surface area contributed by atoms with Gasteiger partial charge in [0.1, 0.15) is 5.82 Å². The molecule has 8 rings (SSSR count). The Hall–Kier alpha value is -3.76. The number of hydrogen-bond acceptors (Lipinski definition) is 3. The zero-order valence-corrected chi connectivity index (χ0v) is 31.2. The van der Waals surface area contributed by atoms with Crippen molar-refractivity contribution >= 4 is 34.3 Å². The Kier molecular flexibility index (Phi) is 7.57. The van der Waals surface area contributed by atoms with E-state index in [0.29, 0.717) is 22.7 Å². The average molecular weight is 820 g/mol. The largest absolute Gasteiger partial charge is 0.509 e. The Balaban J connectivity index is 0.00000448. The third kappa shape index (κ3) is 5.91. The summed E-state index contributed by atoms with van der Waals surface area (Å²) >= 11 is 0. The molecule has 4 aromatic carbocycles. The minimum atomic E-state index is -2.23. The fraction of sp³-hybridized carbons (Fsp3) is 0.286. The van der Waals surface area contributed by atoms with Crippen LogP contribution in [0.5, 0.6) is 11.5 Å². The monoisotopic (exact) mass is 819 g/mol. The molecule has 3 aliphatic heterocycles. The minimum Gasteiger partial charge on any atom is -0.509 e. The second-order valence-electron chi connectivity index (χ2n) is 15.1. The maximum absolute atomic E-state index is 8.54. The van der Waals surface area contributed by atoms with E-state index in [-0.39, 0.29) is 36.4 Å². The average Bonchev–Trinajstić information content (AvgIpc) is 3.47. The molecule has 0 radical (unpaired) electrons. The van der Waals surface area contributed by atoms with Gasteiger partial charge in [-0.05, 0) is 65.6 Å². The molecule has 1 saturated heterocycles. The molecular formula is C42H45N4OPt-. The molecule has 4 heterocycles. The first-order chi connectivity index (χ1) is 23.4. The third-order valence-corrected chi connectivity index (χ3v) is 9.49. The normalized spacial score (nSPS) is 20.8. The van der Waals surface area contributed by atoms with Crippen molar-refractivity contribution in [3.05, 3.63) is 132 Å². The summed E-state index contributed by atoms with van der Waals surface area (Å²) in [5.74, 6) is 1.88. The molecule has 3 aliphatic rings. The van der Waals surface area contributed by atoms with Gasteiger partial charge in [0.25, 0.3) is 0 Å². The summed E-state index contributed by atoms with van der Waals surface area (Å²) < 4.78 is 32.4. The van der Waals surface area contributed by atoms with Gasteiger partial charge in [-0.1, -0.05) is 71.5 Å². The smallest absolute Gasteiger partial charge is 0.179 e. The van der Waals surface area contributed by atoms with Crippen LogP contribution in [0.15, 0.2) is 91.1 Å². The number of benzene rings is 4. The van der Waals surface area contributed by atoms with E-state index < -0.39 is 6.98 Å². The Morgan fingerprint density at radius 3 is 2.15 bits per heavy atom. The van der Waals surface area contributed by atoms with Gasteiger partial charge in [0.15, 0.2) is 18.0 Å². The van der Waals surface area contributed by atoms with Crippen LogP contribution in [-0.4, -0.2) is 18.6 Å². The molecule has 250 valence electrons. The molecule has 5 nitrogen and oxygen atoms in total. The number of quaternary nitrogens is 2. The van der Waals surface area contributed by atoms with Crippen molar-refractivity contribution in [2.24, 2.45) is 0 Å². The zero-order valence-electron chi connectivity index (χ0n) is 32.0. The molecule has 2 atom stereocenters. The Labute approximate surface area is 305 Å². The predicted octanol–water partition coefficient (Wildman–Crippen LogP) is 10.8. The van der Waals surface area contributed by atoms with Crippen LogP contribution in [0, 0.1) is 32.6 Å². The molecular weight excluding hydrogens is 772 g/mol. The molecule has 0 aliphatic carbocycles. The summed E-state index contributed by atoms with van der Waals surface area (Å²) in [5.41, 5.74) is 8.64. The molecule has 0 saturated carbocycles. The summed E-state index contributed by atoms with van der Waals surface area (Å²) in [7, 11) is 0. The van der Waals surface area contributed by atoms with Gasteiger partial charge in [0.05, 0.1) is 17.8 Å². The van der Waals surface area contributed by atoms with Crippen molar-refractivity contribution < 1.29 is 29.9 Å². The molecule has 5 aromatic rings. The molecule has 0 unspecified atom stereocenters. The fourth-order valence-electron chi connectivity index (χ4n) is 6.59. The van der Waals surface area contributed by atoms with Crippen LogP contribution < -0.4 is 18.6 Å². The second-order valence-corrected chi connectivity index (χ2v) is 15.1. The van der Waals surface area contributed by atoms with Crippen molar-refractivity contribution in [1.29, 1.82) is 0 Å². The van der Waals surface area contributed by atoms with E-state index in [0.717, 1.165) is 50.9 Å². The van der Waals surface area contributed by atoms with E-state index in [1.54, 1.807) is 0 Å². The maximum Gasteiger partial charge on any atom is 0.179 e. The molecule has 0 N–H and O–H groups in total. The quantitative estimate of drug-likeness (QED) is 0.126. The molecule has 0 spiro atoms. The van der Waals surface area contributed by atoms with Gasteiger partial charge in [-0.15, -0.1) is 35.9 Å². The standard InChI is InChI=1S/C42H45N4O.Pt/c1-29-20-38-39(21-30(29)2)46(27-45(38,9)28-46)35-22-32(42(6,7)8)23-37(26-35)47-36-17-13-16-34(25-36)44(33-14-11-10-12-15-33)40-24-31(18-19-43-40)41(3,4)5;/h10-24,27H,28H2,1-9H3;/q-1;/t45-,46+;/m0./s1/i9D3;. The van der Waals surface area contributed by atoms with Gasteiger partial charge >= 0.3 is 0 Å².